The third-order valence-corrected chi connectivity index (χ3v) is 4.43. The van der Waals surface area contributed by atoms with Crippen LogP contribution in [0.3, 0.4) is 0 Å². The Hall–Kier alpha value is -2.82. The number of carbonyl (C=O) groups is 1. The summed E-state index contributed by atoms with van der Waals surface area (Å²) in [5.41, 5.74) is 1.40. The Morgan fingerprint density at radius 2 is 2.12 bits per heavy atom. The van der Waals surface area contributed by atoms with Crippen molar-refractivity contribution in [3.05, 3.63) is 36.0 Å². The average Bonchev–Trinajstić information content (AvgIpc) is 2.60. The summed E-state index contributed by atoms with van der Waals surface area (Å²) in [6, 6.07) is 8.06. The van der Waals surface area contributed by atoms with Crippen molar-refractivity contribution in [2.24, 2.45) is 5.92 Å². The SMILES string of the molecule is N#Cc1ccc(N2CC(NC=O)CC(C(F)(F)F)C2)c2cccnc12. The number of rotatable bonds is 3. The molecule has 8 heteroatoms. The van der Waals surface area contributed by atoms with Crippen LogP contribution in [0.2, 0.25) is 0 Å². The predicted molar refractivity (Wildman–Crippen MR) is 85.8 cm³/mol. The van der Waals surface area contributed by atoms with Crippen LogP contribution in [0.25, 0.3) is 10.9 Å². The molecule has 0 saturated carbocycles. The van der Waals surface area contributed by atoms with Crippen molar-refractivity contribution in [3.63, 3.8) is 0 Å². The third kappa shape index (κ3) is 3.36. The number of fused-ring (bicyclic) bond motifs is 1. The number of nitrogens with zero attached hydrogens (tertiary/aromatic N) is 3. The van der Waals surface area contributed by atoms with E-state index in [4.69, 9.17) is 0 Å². The predicted octanol–water partition coefficient (Wildman–Crippen LogP) is 2.61. The number of piperidine rings is 1. The Bertz CT molecular complexity index is 831. The quantitative estimate of drug-likeness (QED) is 0.866. The number of nitrogens with one attached hydrogen (secondary N) is 1. The topological polar surface area (TPSA) is 69.0 Å². The molecule has 0 spiro atoms. The lowest BCUT2D eigenvalue weighted by atomic mass is 9.92. The second-order valence-corrected chi connectivity index (χ2v) is 6.00. The highest BCUT2D eigenvalue weighted by atomic mass is 19.4. The minimum Gasteiger partial charge on any atom is -0.368 e. The Morgan fingerprint density at radius 1 is 1.32 bits per heavy atom. The molecule has 1 aliphatic heterocycles. The lowest BCUT2D eigenvalue weighted by molar-refractivity contribution is -0.177. The molecule has 2 atom stereocenters. The van der Waals surface area contributed by atoms with Crippen molar-refractivity contribution in [2.75, 3.05) is 18.0 Å². The number of benzene rings is 1. The van der Waals surface area contributed by atoms with Gasteiger partial charge in [0.15, 0.2) is 0 Å². The van der Waals surface area contributed by atoms with Gasteiger partial charge in [-0.15, -0.1) is 0 Å². The van der Waals surface area contributed by atoms with E-state index in [0.29, 0.717) is 28.6 Å². The van der Waals surface area contributed by atoms with Crippen molar-refractivity contribution >= 4 is 23.0 Å². The van der Waals surface area contributed by atoms with E-state index in [1.807, 2.05) is 6.07 Å². The molecule has 1 fully saturated rings. The number of amides is 1. The van der Waals surface area contributed by atoms with Crippen molar-refractivity contribution in [3.8, 4) is 6.07 Å². The van der Waals surface area contributed by atoms with E-state index >= 15 is 0 Å². The van der Waals surface area contributed by atoms with Gasteiger partial charge in [0, 0.05) is 36.4 Å². The monoisotopic (exact) mass is 348 g/mol. The maximum absolute atomic E-state index is 13.3. The smallest absolute Gasteiger partial charge is 0.368 e. The van der Waals surface area contributed by atoms with Crippen LogP contribution >= 0.6 is 0 Å². The molecule has 1 aromatic heterocycles. The highest BCUT2D eigenvalue weighted by molar-refractivity contribution is 5.95. The van der Waals surface area contributed by atoms with Crippen LogP contribution in [0.5, 0.6) is 0 Å². The molecule has 2 heterocycles. The van der Waals surface area contributed by atoms with Gasteiger partial charge in [0.05, 0.1) is 17.0 Å². The molecule has 1 saturated heterocycles. The molecule has 25 heavy (non-hydrogen) atoms. The van der Waals surface area contributed by atoms with Gasteiger partial charge in [-0.05, 0) is 30.7 Å². The number of aromatic nitrogens is 1. The van der Waals surface area contributed by atoms with Crippen LogP contribution in [0.15, 0.2) is 30.5 Å². The van der Waals surface area contributed by atoms with E-state index < -0.39 is 18.1 Å². The van der Waals surface area contributed by atoms with E-state index in [9.17, 15) is 23.2 Å². The molecule has 1 N–H and O–H groups in total. The normalized spacial score (nSPS) is 21.0. The highest BCUT2D eigenvalue weighted by Crippen LogP contribution is 2.37. The molecule has 1 aromatic carbocycles. The second kappa shape index (κ2) is 6.59. The van der Waals surface area contributed by atoms with Crippen LogP contribution in [0.4, 0.5) is 18.9 Å². The van der Waals surface area contributed by atoms with Gasteiger partial charge in [0.25, 0.3) is 0 Å². The minimum absolute atomic E-state index is 0.148. The highest BCUT2D eigenvalue weighted by Gasteiger charge is 2.44. The van der Waals surface area contributed by atoms with E-state index in [-0.39, 0.29) is 19.5 Å². The molecular formula is C17H15F3N4O. The van der Waals surface area contributed by atoms with Gasteiger partial charge >= 0.3 is 6.18 Å². The number of hydrogen-bond acceptors (Lipinski definition) is 4. The van der Waals surface area contributed by atoms with Crippen LogP contribution in [0.1, 0.15) is 12.0 Å². The molecule has 5 nitrogen and oxygen atoms in total. The van der Waals surface area contributed by atoms with Crippen molar-refractivity contribution in [1.82, 2.24) is 10.3 Å². The zero-order valence-corrected chi connectivity index (χ0v) is 13.1. The van der Waals surface area contributed by atoms with Gasteiger partial charge in [-0.25, -0.2) is 0 Å². The summed E-state index contributed by atoms with van der Waals surface area (Å²) in [4.78, 5) is 16.5. The number of pyridine rings is 1. The summed E-state index contributed by atoms with van der Waals surface area (Å²) in [5, 5.41) is 12.3. The summed E-state index contributed by atoms with van der Waals surface area (Å²) in [6.07, 6.45) is -2.52. The summed E-state index contributed by atoms with van der Waals surface area (Å²) in [7, 11) is 0. The Balaban J connectivity index is 2.04. The average molecular weight is 348 g/mol. The second-order valence-electron chi connectivity index (χ2n) is 6.00. The van der Waals surface area contributed by atoms with Gasteiger partial charge in [-0.1, -0.05) is 0 Å². The molecule has 2 unspecified atom stereocenters. The van der Waals surface area contributed by atoms with E-state index in [1.165, 1.54) is 0 Å². The summed E-state index contributed by atoms with van der Waals surface area (Å²) in [6.45, 7) is 0.0671. The lowest BCUT2D eigenvalue weighted by Crippen LogP contribution is -2.52. The molecule has 2 aromatic rings. The Morgan fingerprint density at radius 3 is 2.80 bits per heavy atom. The maximum Gasteiger partial charge on any atom is 0.393 e. The van der Waals surface area contributed by atoms with Gasteiger partial charge in [0.2, 0.25) is 6.41 Å². The van der Waals surface area contributed by atoms with Gasteiger partial charge in [-0.2, -0.15) is 18.4 Å². The molecular weight excluding hydrogens is 333 g/mol. The fraction of sp³-hybridized carbons (Fsp3) is 0.353. The molecule has 1 aliphatic rings. The third-order valence-electron chi connectivity index (χ3n) is 4.43. The Kier molecular flexibility index (Phi) is 4.49. The Labute approximate surface area is 142 Å². The first-order valence-corrected chi connectivity index (χ1v) is 7.73. The van der Waals surface area contributed by atoms with Crippen LogP contribution < -0.4 is 10.2 Å². The summed E-state index contributed by atoms with van der Waals surface area (Å²) >= 11 is 0. The lowest BCUT2D eigenvalue weighted by Gasteiger charge is -2.40. The number of carbonyl (C=O) groups excluding carboxylic acids is 1. The first-order chi connectivity index (χ1) is 11.9. The van der Waals surface area contributed by atoms with Crippen LogP contribution in [-0.4, -0.2) is 36.7 Å². The van der Waals surface area contributed by atoms with Crippen molar-refractivity contribution in [2.45, 2.75) is 18.6 Å². The zero-order valence-electron chi connectivity index (χ0n) is 13.1. The molecule has 0 aliphatic carbocycles. The standard InChI is InChI=1S/C17H15F3N4O/c18-17(19,20)12-6-13(23-10-25)9-24(8-12)15-4-3-11(7-21)16-14(15)2-1-5-22-16/h1-5,10,12-13H,6,8-9H2,(H,23,25). The van der Waals surface area contributed by atoms with E-state index in [1.54, 1.807) is 35.4 Å². The number of hydrogen-bond donors (Lipinski definition) is 1. The largest absolute Gasteiger partial charge is 0.393 e. The minimum atomic E-state index is -4.35. The fourth-order valence-electron chi connectivity index (χ4n) is 3.27. The first-order valence-electron chi connectivity index (χ1n) is 7.73. The van der Waals surface area contributed by atoms with Crippen LogP contribution in [0, 0.1) is 17.2 Å². The molecule has 130 valence electrons. The summed E-state index contributed by atoms with van der Waals surface area (Å²) in [5.74, 6) is -1.54. The van der Waals surface area contributed by atoms with Crippen molar-refractivity contribution in [1.29, 1.82) is 5.26 Å². The number of anilines is 1. The summed E-state index contributed by atoms with van der Waals surface area (Å²) < 4.78 is 39.8. The van der Waals surface area contributed by atoms with Gasteiger partial charge < -0.3 is 10.2 Å². The fourth-order valence-corrected chi connectivity index (χ4v) is 3.27. The van der Waals surface area contributed by atoms with E-state index in [0.717, 1.165) is 0 Å². The zero-order chi connectivity index (χ0) is 18.0. The first kappa shape index (κ1) is 17.0. The van der Waals surface area contributed by atoms with Crippen LogP contribution in [-0.2, 0) is 4.79 Å². The molecule has 3 rings (SSSR count). The van der Waals surface area contributed by atoms with Gasteiger partial charge in [0.1, 0.15) is 6.07 Å². The number of halogens is 3. The maximum atomic E-state index is 13.3. The van der Waals surface area contributed by atoms with Gasteiger partial charge in [-0.3, -0.25) is 9.78 Å². The van der Waals surface area contributed by atoms with Crippen molar-refractivity contribution < 1.29 is 18.0 Å². The molecule has 0 radical (unpaired) electrons. The molecule has 0 bridgehead atoms. The molecule has 1 amide bonds. The number of nitriles is 1. The number of alkyl halides is 3. The van der Waals surface area contributed by atoms with E-state index in [2.05, 4.69) is 10.3 Å².